The number of methoxy groups -OCH3 is 1. The molecule has 0 atom stereocenters. The molecule has 0 aliphatic heterocycles. The van der Waals surface area contributed by atoms with E-state index in [0.717, 1.165) is 0 Å². The minimum atomic E-state index is 0.245. The average molecular weight is 263 g/mol. The van der Waals surface area contributed by atoms with Crippen LogP contribution >= 0.6 is 11.6 Å². The van der Waals surface area contributed by atoms with Crippen LogP contribution in [0.1, 0.15) is 0 Å². The van der Waals surface area contributed by atoms with Gasteiger partial charge in [0.1, 0.15) is 11.2 Å². The van der Waals surface area contributed by atoms with E-state index in [1.807, 2.05) is 0 Å². The van der Waals surface area contributed by atoms with Gasteiger partial charge < -0.3 is 9.72 Å². The summed E-state index contributed by atoms with van der Waals surface area (Å²) in [7, 11) is 1.49. The molecule has 7 nitrogen and oxygen atoms in total. The van der Waals surface area contributed by atoms with Crippen LogP contribution < -0.4 is 4.74 Å². The van der Waals surface area contributed by atoms with Gasteiger partial charge in [0.2, 0.25) is 0 Å². The van der Waals surface area contributed by atoms with Crippen LogP contribution in [0, 0.1) is 0 Å². The molecular weight excluding hydrogens is 256 g/mol. The Morgan fingerprint density at radius 2 is 2.11 bits per heavy atom. The third-order valence-electron chi connectivity index (χ3n) is 2.29. The lowest BCUT2D eigenvalue weighted by atomic mass is 10.4. The number of fused-ring (bicyclic) bond motifs is 1. The van der Waals surface area contributed by atoms with Gasteiger partial charge in [-0.05, 0) is 6.07 Å². The molecule has 1 N–H and O–H groups in total. The van der Waals surface area contributed by atoms with Crippen molar-refractivity contribution in [1.82, 2.24) is 29.9 Å². The van der Waals surface area contributed by atoms with Crippen LogP contribution in [0.5, 0.6) is 6.01 Å². The predicted molar refractivity (Wildman–Crippen MR) is 64.3 cm³/mol. The maximum absolute atomic E-state index is 6.03. The van der Waals surface area contributed by atoms with Crippen molar-refractivity contribution in [2.45, 2.75) is 0 Å². The van der Waals surface area contributed by atoms with Crippen LogP contribution in [0.4, 0.5) is 0 Å². The number of hydrogen-bond acceptors (Lipinski definition) is 6. The van der Waals surface area contributed by atoms with E-state index in [1.165, 1.54) is 13.4 Å². The summed E-state index contributed by atoms with van der Waals surface area (Å²) in [6.45, 7) is 0. The Labute approximate surface area is 106 Å². The van der Waals surface area contributed by atoms with Crippen LogP contribution in [-0.2, 0) is 0 Å². The summed E-state index contributed by atoms with van der Waals surface area (Å²) in [5, 5.41) is 0.296. The molecule has 0 aliphatic rings. The van der Waals surface area contributed by atoms with Gasteiger partial charge >= 0.3 is 6.01 Å². The maximum atomic E-state index is 6.03. The minimum absolute atomic E-state index is 0.245. The van der Waals surface area contributed by atoms with Crippen molar-refractivity contribution in [2.24, 2.45) is 0 Å². The summed E-state index contributed by atoms with van der Waals surface area (Å²) in [6.07, 6.45) is 3.07. The van der Waals surface area contributed by atoms with E-state index in [0.29, 0.717) is 27.8 Å². The Kier molecular flexibility index (Phi) is 2.52. The van der Waals surface area contributed by atoms with Crippen LogP contribution in [0.3, 0.4) is 0 Å². The summed E-state index contributed by atoms with van der Waals surface area (Å²) < 4.78 is 4.95. The summed E-state index contributed by atoms with van der Waals surface area (Å²) in [5.41, 5.74) is 1.61. The number of imidazole rings is 1. The molecule has 0 aromatic carbocycles. The van der Waals surface area contributed by atoms with E-state index in [2.05, 4.69) is 29.9 Å². The van der Waals surface area contributed by atoms with Crippen molar-refractivity contribution in [3.8, 4) is 17.5 Å². The molecule has 18 heavy (non-hydrogen) atoms. The van der Waals surface area contributed by atoms with Gasteiger partial charge in [0.25, 0.3) is 0 Å². The monoisotopic (exact) mass is 262 g/mol. The molecule has 3 aromatic heterocycles. The second-order valence-electron chi connectivity index (χ2n) is 3.37. The van der Waals surface area contributed by atoms with Gasteiger partial charge in [-0.3, -0.25) is 0 Å². The van der Waals surface area contributed by atoms with Crippen LogP contribution in [0.15, 0.2) is 18.6 Å². The van der Waals surface area contributed by atoms with Crippen molar-refractivity contribution in [2.75, 3.05) is 7.11 Å². The number of nitrogens with one attached hydrogen (secondary N) is 1. The molecule has 0 spiro atoms. The van der Waals surface area contributed by atoms with Crippen LogP contribution in [0.2, 0.25) is 5.15 Å². The summed E-state index contributed by atoms with van der Waals surface area (Å²) in [4.78, 5) is 23.4. The molecule has 0 saturated carbocycles. The second kappa shape index (κ2) is 4.19. The normalized spacial score (nSPS) is 10.8. The molecule has 0 radical (unpaired) electrons. The fourth-order valence-electron chi connectivity index (χ4n) is 1.48. The third kappa shape index (κ3) is 1.74. The number of ether oxygens (including phenoxy) is 1. The smallest absolute Gasteiger partial charge is 0.316 e. The maximum Gasteiger partial charge on any atom is 0.316 e. The minimum Gasteiger partial charge on any atom is -0.467 e. The number of aromatic amines is 1. The quantitative estimate of drug-likeness (QED) is 0.704. The lowest BCUT2D eigenvalue weighted by Gasteiger charge is -2.02. The molecular formula is C10H7ClN6O. The molecule has 0 saturated heterocycles. The Balaban J connectivity index is 2.18. The first kappa shape index (κ1) is 10.8. The Morgan fingerprint density at radius 3 is 2.94 bits per heavy atom. The molecule has 8 heteroatoms. The second-order valence-corrected chi connectivity index (χ2v) is 3.73. The highest BCUT2D eigenvalue weighted by atomic mass is 35.5. The molecule has 3 rings (SSSR count). The number of H-pyrrole nitrogens is 1. The van der Waals surface area contributed by atoms with E-state index in [-0.39, 0.29) is 6.01 Å². The first-order valence-electron chi connectivity index (χ1n) is 5.02. The third-order valence-corrected chi connectivity index (χ3v) is 2.56. The molecule has 0 aliphatic carbocycles. The van der Waals surface area contributed by atoms with Crippen LogP contribution in [0.25, 0.3) is 22.7 Å². The molecule has 0 bridgehead atoms. The van der Waals surface area contributed by atoms with Gasteiger partial charge in [-0.25, -0.2) is 19.9 Å². The lowest BCUT2D eigenvalue weighted by molar-refractivity contribution is 0.380. The zero-order valence-corrected chi connectivity index (χ0v) is 10.0. The molecule has 0 fully saturated rings. The zero-order chi connectivity index (χ0) is 12.5. The molecule has 3 aromatic rings. The van der Waals surface area contributed by atoms with Gasteiger partial charge in [0.15, 0.2) is 16.6 Å². The molecule has 3 heterocycles. The van der Waals surface area contributed by atoms with Gasteiger partial charge in [-0.15, -0.1) is 0 Å². The lowest BCUT2D eigenvalue weighted by Crippen LogP contribution is -1.97. The molecule has 0 unspecified atom stereocenters. The Bertz CT molecular complexity index is 712. The first-order chi connectivity index (χ1) is 8.78. The summed E-state index contributed by atoms with van der Waals surface area (Å²) in [5.74, 6) is 0.375. The number of rotatable bonds is 2. The van der Waals surface area contributed by atoms with Crippen molar-refractivity contribution < 1.29 is 4.74 Å². The van der Waals surface area contributed by atoms with Crippen molar-refractivity contribution in [3.63, 3.8) is 0 Å². The van der Waals surface area contributed by atoms with Gasteiger partial charge in [0.05, 0.1) is 13.4 Å². The highest BCUT2D eigenvalue weighted by Crippen LogP contribution is 2.21. The molecule has 0 amide bonds. The van der Waals surface area contributed by atoms with E-state index in [1.54, 1.807) is 12.3 Å². The largest absolute Gasteiger partial charge is 0.467 e. The van der Waals surface area contributed by atoms with Crippen molar-refractivity contribution in [3.05, 3.63) is 23.7 Å². The van der Waals surface area contributed by atoms with Crippen molar-refractivity contribution >= 4 is 22.8 Å². The highest BCUT2D eigenvalue weighted by molar-refractivity contribution is 6.33. The van der Waals surface area contributed by atoms with Crippen molar-refractivity contribution in [1.29, 1.82) is 0 Å². The standard InChI is InChI=1S/C10H7ClN6O/c1-18-10-12-3-2-5(15-10)8-16-7(11)6-9(17-8)14-4-13-6/h2-4H,1H3,(H,13,14,16,17). The number of nitrogens with zero attached hydrogens (tertiary/aromatic N) is 5. The van der Waals surface area contributed by atoms with E-state index in [9.17, 15) is 0 Å². The van der Waals surface area contributed by atoms with Gasteiger partial charge in [-0.2, -0.15) is 4.98 Å². The fraction of sp³-hybridized carbons (Fsp3) is 0.100. The summed E-state index contributed by atoms with van der Waals surface area (Å²) in [6, 6.07) is 1.92. The number of hydrogen-bond donors (Lipinski definition) is 1. The van der Waals surface area contributed by atoms with E-state index < -0.39 is 0 Å². The van der Waals surface area contributed by atoms with E-state index >= 15 is 0 Å². The number of halogens is 1. The SMILES string of the molecule is COc1nccc(-c2nc(Cl)c3[nH]cnc3n2)n1. The van der Waals surface area contributed by atoms with Crippen LogP contribution in [-0.4, -0.2) is 37.0 Å². The topological polar surface area (TPSA) is 89.5 Å². The molecule has 90 valence electrons. The number of aromatic nitrogens is 6. The average Bonchev–Trinajstić information content (AvgIpc) is 2.87. The predicted octanol–water partition coefficient (Wildman–Crippen LogP) is 1.47. The van der Waals surface area contributed by atoms with Gasteiger partial charge in [0, 0.05) is 6.20 Å². The van der Waals surface area contributed by atoms with E-state index in [4.69, 9.17) is 16.3 Å². The first-order valence-corrected chi connectivity index (χ1v) is 5.40. The Morgan fingerprint density at radius 1 is 1.22 bits per heavy atom. The Hall–Kier alpha value is -2.28. The summed E-state index contributed by atoms with van der Waals surface area (Å²) >= 11 is 6.03. The highest BCUT2D eigenvalue weighted by Gasteiger charge is 2.11. The zero-order valence-electron chi connectivity index (χ0n) is 9.25. The van der Waals surface area contributed by atoms with Gasteiger partial charge in [-0.1, -0.05) is 11.6 Å². The fourth-order valence-corrected chi connectivity index (χ4v) is 1.70.